The summed E-state index contributed by atoms with van der Waals surface area (Å²) in [5.74, 6) is -1.97. The number of methoxy groups -OCH3 is 1. The van der Waals surface area contributed by atoms with Crippen molar-refractivity contribution in [3.05, 3.63) is 29.8 Å². The second-order valence-corrected chi connectivity index (χ2v) is 8.28. The lowest BCUT2D eigenvalue weighted by Gasteiger charge is -2.62. The number of ether oxygens (including phenoxy) is 5. The molecule has 28 heavy (non-hydrogen) atoms. The van der Waals surface area contributed by atoms with Crippen LogP contribution in [-0.4, -0.2) is 65.4 Å². The molecule has 0 amide bonds. The van der Waals surface area contributed by atoms with E-state index in [1.54, 1.807) is 39.8 Å². The summed E-state index contributed by atoms with van der Waals surface area (Å²) in [4.78, 5) is 25.7. The van der Waals surface area contributed by atoms with E-state index in [4.69, 9.17) is 23.7 Å². The van der Waals surface area contributed by atoms with Gasteiger partial charge in [-0.15, -0.1) is 0 Å². The maximum Gasteiger partial charge on any atom is 0.234 e. The van der Waals surface area contributed by atoms with Gasteiger partial charge in [-0.1, -0.05) is 0 Å². The van der Waals surface area contributed by atoms with Crippen molar-refractivity contribution in [2.75, 3.05) is 7.11 Å². The van der Waals surface area contributed by atoms with E-state index in [1.807, 2.05) is 0 Å². The van der Waals surface area contributed by atoms with Gasteiger partial charge in [-0.2, -0.15) is 0 Å². The minimum absolute atomic E-state index is 0.208. The van der Waals surface area contributed by atoms with Crippen LogP contribution in [0.25, 0.3) is 0 Å². The highest BCUT2D eigenvalue weighted by molar-refractivity contribution is 6.45. The quantitative estimate of drug-likeness (QED) is 0.603. The summed E-state index contributed by atoms with van der Waals surface area (Å²) < 4.78 is 28.2. The molecule has 3 fully saturated rings. The summed E-state index contributed by atoms with van der Waals surface area (Å²) in [6.45, 7) is 6.79. The normalized spacial score (nSPS) is 37.4. The van der Waals surface area contributed by atoms with Gasteiger partial charge < -0.3 is 28.8 Å². The van der Waals surface area contributed by atoms with Crippen LogP contribution in [0.2, 0.25) is 0 Å². The summed E-state index contributed by atoms with van der Waals surface area (Å²) in [6.07, 6.45) is -4.14. The molecule has 1 aromatic carbocycles. The third-order valence-corrected chi connectivity index (χ3v) is 5.69. The number of fused-ring (bicyclic) bond motifs is 3. The van der Waals surface area contributed by atoms with Crippen LogP contribution in [0.5, 0.6) is 5.75 Å². The number of ketones is 2. The number of aliphatic hydroxyl groups is 1. The molecule has 0 aromatic heterocycles. The lowest BCUT2D eigenvalue weighted by Crippen LogP contribution is -2.83. The van der Waals surface area contributed by atoms with E-state index in [1.165, 1.54) is 19.2 Å². The summed E-state index contributed by atoms with van der Waals surface area (Å²) in [5.41, 5.74) is -2.23. The van der Waals surface area contributed by atoms with E-state index in [0.29, 0.717) is 5.75 Å². The minimum Gasteiger partial charge on any atom is -0.497 e. The molecule has 0 bridgehead atoms. The van der Waals surface area contributed by atoms with Crippen LogP contribution >= 0.6 is 0 Å². The first kappa shape index (κ1) is 19.5. The van der Waals surface area contributed by atoms with Crippen molar-refractivity contribution in [2.24, 2.45) is 0 Å². The Morgan fingerprint density at radius 3 is 2.25 bits per heavy atom. The molecule has 3 aliphatic heterocycles. The average Bonchev–Trinajstić information content (AvgIpc) is 2.98. The van der Waals surface area contributed by atoms with Crippen molar-refractivity contribution < 1.29 is 38.4 Å². The van der Waals surface area contributed by atoms with Crippen LogP contribution in [0, 0.1) is 0 Å². The van der Waals surface area contributed by atoms with Crippen molar-refractivity contribution >= 4 is 11.6 Å². The molecule has 4 rings (SSSR count). The van der Waals surface area contributed by atoms with Gasteiger partial charge in [0.05, 0.1) is 7.11 Å². The summed E-state index contributed by atoms with van der Waals surface area (Å²) in [7, 11) is 1.51. The molecular weight excluding hydrogens is 368 g/mol. The third kappa shape index (κ3) is 2.63. The van der Waals surface area contributed by atoms with E-state index in [2.05, 4.69) is 0 Å². The summed E-state index contributed by atoms with van der Waals surface area (Å²) in [6, 6.07) is 6.21. The summed E-state index contributed by atoms with van der Waals surface area (Å²) in [5, 5.41) is 11.2. The molecule has 3 saturated heterocycles. The van der Waals surface area contributed by atoms with Gasteiger partial charge in [-0.05, 0) is 52.0 Å². The number of Topliss-reactive ketones (excluding diaryl/α,β-unsaturated/α-hetero) is 2. The first-order valence-electron chi connectivity index (χ1n) is 9.14. The Morgan fingerprint density at radius 1 is 1.04 bits per heavy atom. The maximum atomic E-state index is 13.0. The second kappa shape index (κ2) is 6.08. The molecular formula is C20H24O8. The van der Waals surface area contributed by atoms with Crippen LogP contribution < -0.4 is 4.74 Å². The topological polar surface area (TPSA) is 101 Å². The zero-order valence-electron chi connectivity index (χ0n) is 16.4. The van der Waals surface area contributed by atoms with E-state index < -0.39 is 53.2 Å². The van der Waals surface area contributed by atoms with Crippen LogP contribution in [0.15, 0.2) is 24.3 Å². The lowest BCUT2D eigenvalue weighted by molar-refractivity contribution is -0.458. The standard InChI is InChI=1S/C20H24O8/c1-18(2)20(23)16-15(26-19(3,4)27-16)14(25-17(20)28-18)13(22)12(21)10-6-8-11(24-5)9-7-10/h6-9,14-17,23H,1-5H3/t14-,15+,16+,17-,20-/m1/s1. The van der Waals surface area contributed by atoms with Gasteiger partial charge >= 0.3 is 0 Å². The zero-order chi connectivity index (χ0) is 20.5. The maximum absolute atomic E-state index is 13.0. The van der Waals surface area contributed by atoms with Crippen molar-refractivity contribution in [2.45, 2.75) is 69.3 Å². The van der Waals surface area contributed by atoms with Gasteiger partial charge in [0, 0.05) is 5.56 Å². The first-order valence-corrected chi connectivity index (χ1v) is 9.14. The van der Waals surface area contributed by atoms with Crippen molar-refractivity contribution in [3.8, 4) is 5.75 Å². The van der Waals surface area contributed by atoms with Gasteiger partial charge in [0.1, 0.15) is 23.6 Å². The highest BCUT2D eigenvalue weighted by atomic mass is 16.8. The predicted octanol–water partition coefficient (Wildman–Crippen LogP) is 1.23. The second-order valence-electron chi connectivity index (χ2n) is 8.28. The molecule has 8 nitrogen and oxygen atoms in total. The van der Waals surface area contributed by atoms with Gasteiger partial charge in [0.2, 0.25) is 11.6 Å². The Kier molecular flexibility index (Phi) is 4.23. The van der Waals surface area contributed by atoms with E-state index in [9.17, 15) is 14.7 Å². The smallest absolute Gasteiger partial charge is 0.234 e. The molecule has 0 radical (unpaired) electrons. The Bertz CT molecular complexity index is 814. The van der Waals surface area contributed by atoms with Gasteiger partial charge in [-0.25, -0.2) is 0 Å². The van der Waals surface area contributed by atoms with Crippen LogP contribution in [-0.2, 0) is 23.7 Å². The molecule has 0 aliphatic carbocycles. The van der Waals surface area contributed by atoms with Crippen LogP contribution in [0.3, 0.4) is 0 Å². The Labute approximate surface area is 162 Å². The van der Waals surface area contributed by atoms with Gasteiger partial charge in [-0.3, -0.25) is 9.59 Å². The highest BCUT2D eigenvalue weighted by Gasteiger charge is 2.76. The zero-order valence-corrected chi connectivity index (χ0v) is 16.4. The molecule has 1 aromatic rings. The molecule has 3 aliphatic rings. The fourth-order valence-electron chi connectivity index (χ4n) is 4.07. The number of rotatable bonds is 4. The molecule has 3 heterocycles. The number of hydrogen-bond donors (Lipinski definition) is 1. The van der Waals surface area contributed by atoms with Crippen molar-refractivity contribution in [1.82, 2.24) is 0 Å². The van der Waals surface area contributed by atoms with Crippen molar-refractivity contribution in [1.29, 1.82) is 0 Å². The molecule has 5 atom stereocenters. The monoisotopic (exact) mass is 392 g/mol. The number of carbonyl (C=O) groups excluding carboxylic acids is 2. The van der Waals surface area contributed by atoms with E-state index in [0.717, 1.165) is 0 Å². The van der Waals surface area contributed by atoms with Gasteiger partial charge in [0.15, 0.2) is 23.8 Å². The fourth-order valence-corrected chi connectivity index (χ4v) is 4.07. The Morgan fingerprint density at radius 2 is 1.68 bits per heavy atom. The molecule has 0 unspecified atom stereocenters. The van der Waals surface area contributed by atoms with Crippen LogP contribution in [0.4, 0.5) is 0 Å². The van der Waals surface area contributed by atoms with E-state index in [-0.39, 0.29) is 5.56 Å². The average molecular weight is 392 g/mol. The van der Waals surface area contributed by atoms with E-state index >= 15 is 0 Å². The molecule has 8 heteroatoms. The Balaban J connectivity index is 1.63. The first-order chi connectivity index (χ1) is 13.0. The number of hydrogen-bond acceptors (Lipinski definition) is 8. The fraction of sp³-hybridized carbons (Fsp3) is 0.600. The molecule has 0 saturated carbocycles. The Hall–Kier alpha value is -1.84. The van der Waals surface area contributed by atoms with Crippen molar-refractivity contribution in [3.63, 3.8) is 0 Å². The molecule has 152 valence electrons. The largest absolute Gasteiger partial charge is 0.497 e. The number of benzene rings is 1. The highest BCUT2D eigenvalue weighted by Crippen LogP contribution is 2.54. The molecule has 1 N–H and O–H groups in total. The summed E-state index contributed by atoms with van der Waals surface area (Å²) >= 11 is 0. The number of carbonyl (C=O) groups is 2. The molecule has 0 spiro atoms. The minimum atomic E-state index is -1.49. The van der Waals surface area contributed by atoms with Gasteiger partial charge in [0.25, 0.3) is 0 Å². The van der Waals surface area contributed by atoms with Crippen LogP contribution in [0.1, 0.15) is 38.1 Å². The SMILES string of the molecule is COc1ccc(C(=O)C(=O)[C@H]2O[C@@H]3OC(C)(C)[C@@]3(O)[C@H]3OC(C)(C)O[C@@H]23)cc1. The lowest BCUT2D eigenvalue weighted by atomic mass is 9.70. The third-order valence-electron chi connectivity index (χ3n) is 5.69. The predicted molar refractivity (Wildman–Crippen MR) is 94.9 cm³/mol.